The highest BCUT2D eigenvalue weighted by Gasteiger charge is 1.99. The van der Waals surface area contributed by atoms with Crippen molar-refractivity contribution >= 4 is 29.0 Å². The van der Waals surface area contributed by atoms with Crippen LogP contribution >= 0.6 is 23.2 Å². The summed E-state index contributed by atoms with van der Waals surface area (Å²) in [5, 5.41) is 4.06. The predicted molar refractivity (Wildman–Crippen MR) is 62.3 cm³/mol. The second-order valence-electron chi connectivity index (χ2n) is 3.18. The fraction of sp³-hybridized carbons (Fsp3) is 0.500. The molecule has 0 saturated heterocycles. The first-order valence-electron chi connectivity index (χ1n) is 4.68. The summed E-state index contributed by atoms with van der Waals surface area (Å²) in [5.41, 5.74) is 0. The van der Waals surface area contributed by atoms with Crippen LogP contribution in [-0.2, 0) is 0 Å². The smallest absolute Gasteiger partial charge is 0.144 e. The zero-order chi connectivity index (χ0) is 10.4. The summed E-state index contributed by atoms with van der Waals surface area (Å²) in [6, 6.07) is 3.63. The SMILES string of the molecule is CC(Cl)CCCNc1ncccc1Cl. The van der Waals surface area contributed by atoms with E-state index >= 15 is 0 Å². The molecule has 0 saturated carbocycles. The molecule has 4 heteroatoms. The highest BCUT2D eigenvalue weighted by Crippen LogP contribution is 2.17. The van der Waals surface area contributed by atoms with Gasteiger partial charge in [-0.25, -0.2) is 4.98 Å². The molecule has 78 valence electrons. The maximum Gasteiger partial charge on any atom is 0.144 e. The lowest BCUT2D eigenvalue weighted by Crippen LogP contribution is -2.05. The number of aromatic nitrogens is 1. The molecule has 0 aromatic carbocycles. The Kier molecular flexibility index (Phi) is 5.05. The molecule has 14 heavy (non-hydrogen) atoms. The highest BCUT2D eigenvalue weighted by atomic mass is 35.5. The van der Waals surface area contributed by atoms with Gasteiger partial charge in [-0.1, -0.05) is 11.6 Å². The van der Waals surface area contributed by atoms with Gasteiger partial charge in [0.1, 0.15) is 5.82 Å². The molecule has 1 N–H and O–H groups in total. The summed E-state index contributed by atoms with van der Waals surface area (Å²) >= 11 is 11.7. The van der Waals surface area contributed by atoms with Gasteiger partial charge in [-0.15, -0.1) is 11.6 Å². The van der Waals surface area contributed by atoms with Crippen LogP contribution in [-0.4, -0.2) is 16.9 Å². The third kappa shape index (κ3) is 4.16. The molecule has 1 aromatic rings. The molecule has 2 nitrogen and oxygen atoms in total. The molecule has 0 amide bonds. The molecule has 0 bridgehead atoms. The quantitative estimate of drug-likeness (QED) is 0.621. The fourth-order valence-corrected chi connectivity index (χ4v) is 1.45. The molecule has 1 heterocycles. The number of rotatable bonds is 5. The van der Waals surface area contributed by atoms with Crippen molar-refractivity contribution in [3.05, 3.63) is 23.4 Å². The zero-order valence-corrected chi connectivity index (χ0v) is 9.65. The second kappa shape index (κ2) is 6.10. The normalized spacial score (nSPS) is 12.5. The van der Waals surface area contributed by atoms with Gasteiger partial charge in [-0.3, -0.25) is 0 Å². The van der Waals surface area contributed by atoms with Crippen LogP contribution in [0.5, 0.6) is 0 Å². The maximum absolute atomic E-state index is 5.91. The van der Waals surface area contributed by atoms with Crippen LogP contribution in [0.3, 0.4) is 0 Å². The molecule has 0 spiro atoms. The van der Waals surface area contributed by atoms with Gasteiger partial charge in [0.2, 0.25) is 0 Å². The largest absolute Gasteiger partial charge is 0.369 e. The summed E-state index contributed by atoms with van der Waals surface area (Å²) in [6.45, 7) is 2.85. The average Bonchev–Trinajstić information content (AvgIpc) is 2.15. The van der Waals surface area contributed by atoms with Crippen molar-refractivity contribution in [3.63, 3.8) is 0 Å². The van der Waals surface area contributed by atoms with Gasteiger partial charge in [-0.2, -0.15) is 0 Å². The van der Waals surface area contributed by atoms with E-state index in [-0.39, 0.29) is 5.38 Å². The van der Waals surface area contributed by atoms with Crippen molar-refractivity contribution in [2.45, 2.75) is 25.1 Å². The van der Waals surface area contributed by atoms with Gasteiger partial charge in [-0.05, 0) is 31.9 Å². The molecule has 1 rings (SSSR count). The van der Waals surface area contributed by atoms with Gasteiger partial charge in [0.15, 0.2) is 0 Å². The Balaban J connectivity index is 2.28. The fourth-order valence-electron chi connectivity index (χ4n) is 1.11. The Hall–Kier alpha value is -0.470. The minimum Gasteiger partial charge on any atom is -0.369 e. The van der Waals surface area contributed by atoms with Crippen molar-refractivity contribution in [1.29, 1.82) is 0 Å². The molecule has 1 atom stereocenters. The van der Waals surface area contributed by atoms with Gasteiger partial charge < -0.3 is 5.32 Å². The van der Waals surface area contributed by atoms with Gasteiger partial charge in [0, 0.05) is 18.1 Å². The van der Waals surface area contributed by atoms with Gasteiger partial charge in [0.25, 0.3) is 0 Å². The topological polar surface area (TPSA) is 24.9 Å². The lowest BCUT2D eigenvalue weighted by molar-refractivity contribution is 0.749. The maximum atomic E-state index is 5.91. The minimum absolute atomic E-state index is 0.232. The first-order chi connectivity index (χ1) is 6.70. The first-order valence-corrected chi connectivity index (χ1v) is 5.50. The first kappa shape index (κ1) is 11.6. The standard InChI is InChI=1S/C10H14Cl2N2/c1-8(11)4-2-6-13-10-9(12)5-3-7-14-10/h3,5,7-8H,2,4,6H2,1H3,(H,13,14). The van der Waals surface area contributed by atoms with E-state index in [0.29, 0.717) is 5.02 Å². The lowest BCUT2D eigenvalue weighted by Gasteiger charge is -2.07. The Bertz CT molecular complexity index is 277. The van der Waals surface area contributed by atoms with Crippen molar-refractivity contribution < 1.29 is 0 Å². The number of nitrogens with one attached hydrogen (secondary N) is 1. The number of anilines is 1. The van der Waals surface area contributed by atoms with Crippen LogP contribution in [0.1, 0.15) is 19.8 Å². The molecular weight excluding hydrogens is 219 g/mol. The van der Waals surface area contributed by atoms with Crippen LogP contribution in [0.15, 0.2) is 18.3 Å². The number of alkyl halides is 1. The molecule has 1 aromatic heterocycles. The lowest BCUT2D eigenvalue weighted by atomic mass is 10.2. The summed E-state index contributed by atoms with van der Waals surface area (Å²) in [4.78, 5) is 4.12. The van der Waals surface area contributed by atoms with E-state index in [0.717, 1.165) is 25.2 Å². The summed E-state index contributed by atoms with van der Waals surface area (Å²) in [5.74, 6) is 0.747. The molecular formula is C10H14Cl2N2. The molecule has 0 radical (unpaired) electrons. The van der Waals surface area contributed by atoms with E-state index < -0.39 is 0 Å². The van der Waals surface area contributed by atoms with Crippen molar-refractivity contribution in [2.24, 2.45) is 0 Å². The van der Waals surface area contributed by atoms with E-state index in [9.17, 15) is 0 Å². The minimum atomic E-state index is 0.232. The van der Waals surface area contributed by atoms with Crippen molar-refractivity contribution in [2.75, 3.05) is 11.9 Å². The Labute approximate surface area is 94.6 Å². The number of hydrogen-bond donors (Lipinski definition) is 1. The molecule has 1 unspecified atom stereocenters. The predicted octanol–water partition coefficient (Wildman–Crippen LogP) is 3.55. The number of hydrogen-bond acceptors (Lipinski definition) is 2. The second-order valence-corrected chi connectivity index (χ2v) is 4.34. The molecule has 0 aliphatic rings. The highest BCUT2D eigenvalue weighted by molar-refractivity contribution is 6.32. The Morgan fingerprint density at radius 1 is 1.57 bits per heavy atom. The average molecular weight is 233 g/mol. The van der Waals surface area contributed by atoms with E-state index in [1.165, 1.54) is 0 Å². The van der Waals surface area contributed by atoms with Crippen LogP contribution in [0, 0.1) is 0 Å². The van der Waals surface area contributed by atoms with Gasteiger partial charge in [0.05, 0.1) is 5.02 Å². The third-order valence-corrected chi connectivity index (χ3v) is 2.35. The van der Waals surface area contributed by atoms with Crippen molar-refractivity contribution in [1.82, 2.24) is 4.98 Å². The van der Waals surface area contributed by atoms with Crippen LogP contribution in [0.25, 0.3) is 0 Å². The number of halogens is 2. The Morgan fingerprint density at radius 2 is 2.36 bits per heavy atom. The number of nitrogens with zero attached hydrogens (tertiary/aromatic N) is 1. The third-order valence-electron chi connectivity index (χ3n) is 1.83. The van der Waals surface area contributed by atoms with E-state index in [1.54, 1.807) is 6.20 Å². The van der Waals surface area contributed by atoms with Crippen molar-refractivity contribution in [3.8, 4) is 0 Å². The summed E-state index contributed by atoms with van der Waals surface area (Å²) in [7, 11) is 0. The van der Waals surface area contributed by atoms with Crippen LogP contribution in [0.4, 0.5) is 5.82 Å². The van der Waals surface area contributed by atoms with Crippen LogP contribution < -0.4 is 5.32 Å². The summed E-state index contributed by atoms with van der Waals surface area (Å²) in [6.07, 6.45) is 3.75. The molecule has 0 aliphatic carbocycles. The molecule has 0 fully saturated rings. The van der Waals surface area contributed by atoms with E-state index in [4.69, 9.17) is 23.2 Å². The molecule has 0 aliphatic heterocycles. The Morgan fingerprint density at radius 3 is 3.00 bits per heavy atom. The van der Waals surface area contributed by atoms with E-state index in [2.05, 4.69) is 10.3 Å². The summed E-state index contributed by atoms with van der Waals surface area (Å²) < 4.78 is 0. The van der Waals surface area contributed by atoms with Crippen LogP contribution in [0.2, 0.25) is 5.02 Å². The van der Waals surface area contributed by atoms with E-state index in [1.807, 2.05) is 19.1 Å². The number of pyridine rings is 1. The monoisotopic (exact) mass is 232 g/mol. The zero-order valence-electron chi connectivity index (χ0n) is 8.13. The van der Waals surface area contributed by atoms with Gasteiger partial charge >= 0.3 is 0 Å².